The van der Waals surface area contributed by atoms with Crippen LogP contribution in [0.3, 0.4) is 0 Å². The number of rotatable bonds is 13. The van der Waals surface area contributed by atoms with Gasteiger partial charge in [-0.05, 0) is 49.4 Å². The van der Waals surface area contributed by atoms with E-state index in [2.05, 4.69) is 5.32 Å². The molecule has 0 spiro atoms. The number of nitrogens with one attached hydrogen (secondary N) is 1. The van der Waals surface area contributed by atoms with Crippen LogP contribution in [0.2, 0.25) is 0 Å². The summed E-state index contributed by atoms with van der Waals surface area (Å²) in [5, 5.41) is 2.88. The predicted molar refractivity (Wildman–Crippen MR) is 137 cm³/mol. The Bertz CT molecular complexity index is 1020. The van der Waals surface area contributed by atoms with Crippen molar-refractivity contribution in [3.05, 3.63) is 65.7 Å². The number of benzene rings is 2. The van der Waals surface area contributed by atoms with Crippen LogP contribution in [0, 0.1) is 0 Å². The zero-order valence-corrected chi connectivity index (χ0v) is 21.5. The van der Waals surface area contributed by atoms with Crippen LogP contribution in [-0.4, -0.2) is 57.1 Å². The van der Waals surface area contributed by atoms with Crippen molar-refractivity contribution in [3.8, 4) is 0 Å². The second-order valence-corrected chi connectivity index (χ2v) is 10.3. The smallest absolute Gasteiger partial charge is 0.244 e. The maximum atomic E-state index is 13.4. The fraction of sp³-hybridized carbons (Fsp3) is 0.462. The summed E-state index contributed by atoms with van der Waals surface area (Å²) in [4.78, 5) is 27.7. The summed E-state index contributed by atoms with van der Waals surface area (Å²) >= 11 is 0. The van der Waals surface area contributed by atoms with E-state index < -0.39 is 22.0 Å². The highest BCUT2D eigenvalue weighted by atomic mass is 32.2. The summed E-state index contributed by atoms with van der Waals surface area (Å²) in [6, 6.07) is 16.1. The molecular formula is C26H37N3O4S. The molecule has 0 aliphatic heterocycles. The van der Waals surface area contributed by atoms with E-state index in [0.29, 0.717) is 25.2 Å². The van der Waals surface area contributed by atoms with Crippen molar-refractivity contribution in [1.82, 2.24) is 10.2 Å². The summed E-state index contributed by atoms with van der Waals surface area (Å²) in [5.41, 5.74) is 2.54. The van der Waals surface area contributed by atoms with Crippen LogP contribution in [-0.2, 0) is 32.5 Å². The van der Waals surface area contributed by atoms with Gasteiger partial charge in [0.2, 0.25) is 21.8 Å². The van der Waals surface area contributed by atoms with Crippen molar-refractivity contribution in [2.75, 3.05) is 30.2 Å². The number of amides is 2. The fourth-order valence-corrected chi connectivity index (χ4v) is 4.47. The average Bonchev–Trinajstić information content (AvgIpc) is 2.82. The van der Waals surface area contributed by atoms with Crippen LogP contribution in [0.1, 0.15) is 44.7 Å². The van der Waals surface area contributed by atoms with Crippen LogP contribution < -0.4 is 9.62 Å². The minimum atomic E-state index is -3.71. The first-order valence-corrected chi connectivity index (χ1v) is 13.7. The monoisotopic (exact) mass is 487 g/mol. The Morgan fingerprint density at radius 1 is 0.971 bits per heavy atom. The lowest BCUT2D eigenvalue weighted by molar-refractivity contribution is -0.138. The van der Waals surface area contributed by atoms with Crippen LogP contribution in [0.15, 0.2) is 54.6 Å². The second-order valence-electron chi connectivity index (χ2n) is 8.43. The third-order valence-corrected chi connectivity index (χ3v) is 6.93. The molecule has 2 rings (SSSR count). The number of carbonyl (C=O) groups is 2. The maximum absolute atomic E-state index is 13.4. The van der Waals surface area contributed by atoms with E-state index >= 15 is 0 Å². The normalized spacial score (nSPS) is 12.1. The van der Waals surface area contributed by atoms with Crippen molar-refractivity contribution < 1.29 is 18.0 Å². The van der Waals surface area contributed by atoms with Gasteiger partial charge in [-0.25, -0.2) is 8.42 Å². The first-order chi connectivity index (χ1) is 16.2. The number of hydrogen-bond donors (Lipinski definition) is 1. The third kappa shape index (κ3) is 8.17. The molecule has 0 aliphatic rings. The number of anilines is 1. The van der Waals surface area contributed by atoms with Crippen molar-refractivity contribution >= 4 is 27.5 Å². The Kier molecular flexibility index (Phi) is 10.6. The molecule has 0 heterocycles. The molecule has 0 saturated carbocycles. The number of unbranched alkanes of at least 4 members (excludes halogenated alkanes) is 1. The molecule has 8 heteroatoms. The molecule has 186 valence electrons. The topological polar surface area (TPSA) is 86.8 Å². The molecule has 7 nitrogen and oxygen atoms in total. The molecule has 0 fully saturated rings. The van der Waals surface area contributed by atoms with Gasteiger partial charge in [0.25, 0.3) is 0 Å². The lowest BCUT2D eigenvalue weighted by Gasteiger charge is -2.31. The largest absolute Gasteiger partial charge is 0.354 e. The highest BCUT2D eigenvalue weighted by Crippen LogP contribution is 2.19. The molecule has 0 unspecified atom stereocenters. The van der Waals surface area contributed by atoms with Gasteiger partial charge in [-0.1, -0.05) is 62.7 Å². The molecule has 0 aromatic heterocycles. The van der Waals surface area contributed by atoms with Crippen molar-refractivity contribution in [2.24, 2.45) is 0 Å². The Balaban J connectivity index is 2.26. The molecule has 1 atom stereocenters. The average molecular weight is 488 g/mol. The van der Waals surface area contributed by atoms with E-state index in [1.807, 2.05) is 56.3 Å². The number of carbonyl (C=O) groups excluding carboxylic acids is 2. The molecule has 0 bridgehead atoms. The minimum Gasteiger partial charge on any atom is -0.354 e. The van der Waals surface area contributed by atoms with Crippen molar-refractivity contribution in [3.63, 3.8) is 0 Å². The predicted octanol–water partition coefficient (Wildman–Crippen LogP) is 3.39. The number of aryl methyl sites for hydroxylation is 1. The second kappa shape index (κ2) is 13.1. The van der Waals surface area contributed by atoms with Crippen molar-refractivity contribution in [2.45, 2.75) is 52.5 Å². The quantitative estimate of drug-likeness (QED) is 0.439. The lowest BCUT2D eigenvalue weighted by atomic mass is 10.1. The highest BCUT2D eigenvalue weighted by molar-refractivity contribution is 7.92. The van der Waals surface area contributed by atoms with E-state index in [1.165, 1.54) is 4.90 Å². The molecule has 2 amide bonds. The van der Waals surface area contributed by atoms with Gasteiger partial charge >= 0.3 is 0 Å². The Hall–Kier alpha value is -2.87. The molecule has 0 aliphatic carbocycles. The van der Waals surface area contributed by atoms with E-state index in [-0.39, 0.29) is 12.5 Å². The SMILES string of the molecule is CCCCNC(=O)[C@@H](C)N(CCc1ccccc1)C(=O)CN(c1ccc(CC)cc1)S(C)(=O)=O. The number of hydrogen-bond acceptors (Lipinski definition) is 4. The number of nitrogens with zero attached hydrogens (tertiary/aromatic N) is 2. The molecule has 2 aromatic carbocycles. The molecular weight excluding hydrogens is 450 g/mol. The third-order valence-electron chi connectivity index (χ3n) is 5.79. The maximum Gasteiger partial charge on any atom is 0.244 e. The van der Waals surface area contributed by atoms with Gasteiger partial charge in [0.1, 0.15) is 12.6 Å². The van der Waals surface area contributed by atoms with Gasteiger partial charge in [-0.2, -0.15) is 0 Å². The Labute approximate surface area is 204 Å². The fourth-order valence-electron chi connectivity index (χ4n) is 3.62. The summed E-state index contributed by atoms with van der Waals surface area (Å²) in [7, 11) is -3.71. The van der Waals surface area contributed by atoms with Gasteiger partial charge in [0, 0.05) is 13.1 Å². The van der Waals surface area contributed by atoms with Gasteiger partial charge < -0.3 is 10.2 Å². The highest BCUT2D eigenvalue weighted by Gasteiger charge is 2.29. The van der Waals surface area contributed by atoms with Gasteiger partial charge in [0.05, 0.1) is 11.9 Å². The summed E-state index contributed by atoms with van der Waals surface area (Å²) in [6.45, 7) is 6.22. The van der Waals surface area contributed by atoms with E-state index in [0.717, 1.165) is 41.0 Å². The van der Waals surface area contributed by atoms with Gasteiger partial charge in [0.15, 0.2) is 0 Å². The first kappa shape index (κ1) is 27.4. The Morgan fingerprint density at radius 3 is 2.18 bits per heavy atom. The zero-order valence-electron chi connectivity index (χ0n) is 20.7. The van der Waals surface area contributed by atoms with Crippen LogP contribution in [0.4, 0.5) is 5.69 Å². The summed E-state index contributed by atoms with van der Waals surface area (Å²) in [5.74, 6) is -0.660. The van der Waals surface area contributed by atoms with E-state index in [9.17, 15) is 18.0 Å². The summed E-state index contributed by atoms with van der Waals surface area (Å²) in [6.07, 6.45) is 4.28. The van der Waals surface area contributed by atoms with Crippen LogP contribution in [0.5, 0.6) is 0 Å². The molecule has 0 radical (unpaired) electrons. The summed E-state index contributed by atoms with van der Waals surface area (Å²) < 4.78 is 26.3. The number of sulfonamides is 1. The molecule has 34 heavy (non-hydrogen) atoms. The van der Waals surface area contributed by atoms with Crippen LogP contribution >= 0.6 is 0 Å². The molecule has 0 saturated heterocycles. The molecule has 2 aromatic rings. The lowest BCUT2D eigenvalue weighted by Crippen LogP contribution is -2.52. The van der Waals surface area contributed by atoms with Crippen molar-refractivity contribution in [1.29, 1.82) is 0 Å². The van der Waals surface area contributed by atoms with E-state index in [4.69, 9.17) is 0 Å². The van der Waals surface area contributed by atoms with Gasteiger partial charge in [-0.15, -0.1) is 0 Å². The first-order valence-electron chi connectivity index (χ1n) is 11.8. The molecule has 1 N–H and O–H groups in total. The standard InChI is InChI=1S/C26H37N3O4S/c1-5-7-18-27-26(31)21(3)28(19-17-23-11-9-8-10-12-23)25(30)20-29(34(4,32)33)24-15-13-22(6-2)14-16-24/h8-16,21H,5-7,17-20H2,1-4H3,(H,27,31)/t21-/m1/s1. The minimum absolute atomic E-state index is 0.243. The Morgan fingerprint density at radius 2 is 1.62 bits per heavy atom. The van der Waals surface area contributed by atoms with Gasteiger partial charge in [-0.3, -0.25) is 13.9 Å². The van der Waals surface area contributed by atoms with Crippen LogP contribution in [0.25, 0.3) is 0 Å². The zero-order chi connectivity index (χ0) is 25.1. The van der Waals surface area contributed by atoms with E-state index in [1.54, 1.807) is 19.1 Å².